The third-order valence-corrected chi connectivity index (χ3v) is 5.25. The largest absolute Gasteiger partial charge is 0.370 e. The Labute approximate surface area is 175 Å². The summed E-state index contributed by atoms with van der Waals surface area (Å²) in [5, 5.41) is 5.94. The fraction of sp³-hybridized carbons (Fsp3) is 0.150. The minimum absolute atomic E-state index is 0.0881. The number of para-hydroxylation sites is 1. The molecule has 0 saturated carbocycles. The number of benzene rings is 2. The lowest BCUT2D eigenvalue weighted by Crippen LogP contribution is -2.41. The number of anilines is 1. The second kappa shape index (κ2) is 7.68. The van der Waals surface area contributed by atoms with E-state index in [1.807, 2.05) is 24.3 Å². The first-order valence-corrected chi connectivity index (χ1v) is 9.46. The number of nitrogens with zero attached hydrogens (tertiary/aromatic N) is 1. The molecule has 4 rings (SSSR count). The van der Waals surface area contributed by atoms with Gasteiger partial charge in [-0.25, -0.2) is 9.38 Å². The smallest absolute Gasteiger partial charge is 0.313 e. The number of guanidine groups is 1. The summed E-state index contributed by atoms with van der Waals surface area (Å²) in [5.41, 5.74) is 13.8. The van der Waals surface area contributed by atoms with E-state index in [0.29, 0.717) is 6.42 Å². The molecule has 1 aromatic heterocycles. The van der Waals surface area contributed by atoms with E-state index in [1.165, 1.54) is 12.1 Å². The van der Waals surface area contributed by atoms with Crippen molar-refractivity contribution in [2.75, 3.05) is 5.32 Å². The van der Waals surface area contributed by atoms with Gasteiger partial charge in [-0.2, -0.15) is 0 Å². The molecule has 0 bridgehead atoms. The molecule has 0 spiro atoms. The molecule has 0 fully saturated rings. The van der Waals surface area contributed by atoms with Gasteiger partial charge >= 0.3 is 11.8 Å². The summed E-state index contributed by atoms with van der Waals surface area (Å²) in [6.07, 6.45) is 0.492. The fourth-order valence-electron chi connectivity index (χ4n) is 3.67. The molecule has 1 aliphatic carbocycles. The lowest BCUT2D eigenvalue weighted by atomic mass is 10.1. The van der Waals surface area contributed by atoms with Gasteiger partial charge in [-0.1, -0.05) is 29.8 Å². The predicted octanol–water partition coefficient (Wildman–Crippen LogP) is 1.95. The van der Waals surface area contributed by atoms with Crippen LogP contribution in [0, 0.1) is 5.82 Å². The summed E-state index contributed by atoms with van der Waals surface area (Å²) in [6.45, 7) is 0. The number of H-pyrrole nitrogens is 1. The summed E-state index contributed by atoms with van der Waals surface area (Å²) < 4.78 is 13.6. The van der Waals surface area contributed by atoms with Crippen molar-refractivity contribution in [1.82, 2.24) is 10.3 Å². The molecule has 2 aromatic carbocycles. The molecule has 3 aromatic rings. The van der Waals surface area contributed by atoms with E-state index in [1.54, 1.807) is 0 Å². The van der Waals surface area contributed by atoms with Gasteiger partial charge in [0.2, 0.25) is 0 Å². The number of halogens is 2. The minimum Gasteiger partial charge on any atom is -0.370 e. The molecule has 1 aliphatic rings. The molecule has 30 heavy (non-hydrogen) atoms. The molecule has 2 unspecified atom stereocenters. The average Bonchev–Trinajstić information content (AvgIpc) is 3.21. The molecular weight excluding hydrogens is 411 g/mol. The number of hydrogen-bond donors (Lipinski definition) is 5. The summed E-state index contributed by atoms with van der Waals surface area (Å²) in [5.74, 6) is -2.68. The number of aliphatic imine (C=N–C) groups is 1. The summed E-state index contributed by atoms with van der Waals surface area (Å²) >= 11 is 5.63. The van der Waals surface area contributed by atoms with Gasteiger partial charge in [0, 0.05) is 22.3 Å². The van der Waals surface area contributed by atoms with Crippen LogP contribution < -0.4 is 22.1 Å². The molecule has 0 radical (unpaired) electrons. The molecule has 2 atom stereocenters. The zero-order valence-corrected chi connectivity index (χ0v) is 16.3. The van der Waals surface area contributed by atoms with Crippen molar-refractivity contribution in [3.63, 3.8) is 0 Å². The van der Waals surface area contributed by atoms with Crippen LogP contribution >= 0.6 is 11.6 Å². The Morgan fingerprint density at radius 2 is 1.93 bits per heavy atom. The molecule has 0 saturated heterocycles. The summed E-state index contributed by atoms with van der Waals surface area (Å²) in [6, 6.07) is 10.3. The number of aromatic amines is 1. The Morgan fingerprint density at radius 3 is 2.67 bits per heavy atom. The number of fused-ring (bicyclic) bond motifs is 3. The Balaban J connectivity index is 1.58. The van der Waals surface area contributed by atoms with E-state index in [9.17, 15) is 14.0 Å². The normalized spacial score (nSPS) is 17.4. The number of amides is 2. The lowest BCUT2D eigenvalue weighted by molar-refractivity contribution is -0.136. The van der Waals surface area contributed by atoms with Crippen molar-refractivity contribution in [3.05, 3.63) is 64.6 Å². The third-order valence-electron chi connectivity index (χ3n) is 4.94. The van der Waals surface area contributed by atoms with E-state index < -0.39 is 29.7 Å². The average molecular weight is 429 g/mol. The minimum atomic E-state index is -0.954. The predicted molar refractivity (Wildman–Crippen MR) is 113 cm³/mol. The van der Waals surface area contributed by atoms with Crippen molar-refractivity contribution in [1.29, 1.82) is 0 Å². The molecule has 154 valence electrons. The van der Waals surface area contributed by atoms with Crippen LogP contribution in [0.3, 0.4) is 0 Å². The quantitative estimate of drug-likeness (QED) is 0.247. The monoisotopic (exact) mass is 428 g/mol. The molecule has 2 amide bonds. The SMILES string of the molecule is NC(N)=NC1Cc2c([nH]c3ccccc23)C1NC(=O)C(=O)Nc1ccc(Cl)c(F)c1. The van der Waals surface area contributed by atoms with Gasteiger partial charge in [0.05, 0.1) is 17.1 Å². The van der Waals surface area contributed by atoms with E-state index in [0.717, 1.165) is 28.2 Å². The molecule has 10 heteroatoms. The fourth-order valence-corrected chi connectivity index (χ4v) is 3.79. The van der Waals surface area contributed by atoms with Crippen LogP contribution in [-0.4, -0.2) is 28.8 Å². The Hall–Kier alpha value is -3.59. The Bertz CT molecular complexity index is 1190. The Kier molecular flexibility index (Phi) is 5.04. The summed E-state index contributed by atoms with van der Waals surface area (Å²) in [7, 11) is 0. The topological polar surface area (TPSA) is 138 Å². The molecule has 1 heterocycles. The van der Waals surface area contributed by atoms with E-state index >= 15 is 0 Å². The number of nitrogens with two attached hydrogens (primary N) is 2. The van der Waals surface area contributed by atoms with Gasteiger partial charge in [0.15, 0.2) is 5.96 Å². The highest BCUT2D eigenvalue weighted by atomic mass is 35.5. The van der Waals surface area contributed by atoms with E-state index in [2.05, 4.69) is 20.6 Å². The third kappa shape index (κ3) is 3.67. The highest BCUT2D eigenvalue weighted by molar-refractivity contribution is 6.39. The van der Waals surface area contributed by atoms with Crippen LogP contribution in [0.4, 0.5) is 10.1 Å². The molecular formula is C20H18ClFN6O2. The summed E-state index contributed by atoms with van der Waals surface area (Å²) in [4.78, 5) is 32.4. The van der Waals surface area contributed by atoms with E-state index in [4.69, 9.17) is 23.1 Å². The van der Waals surface area contributed by atoms with Crippen molar-refractivity contribution in [2.45, 2.75) is 18.5 Å². The van der Waals surface area contributed by atoms with Crippen LogP contribution in [0.2, 0.25) is 5.02 Å². The van der Waals surface area contributed by atoms with Gasteiger partial charge < -0.3 is 27.1 Å². The Morgan fingerprint density at radius 1 is 1.17 bits per heavy atom. The maximum atomic E-state index is 13.6. The molecule has 0 aliphatic heterocycles. The zero-order valence-electron chi connectivity index (χ0n) is 15.6. The first kappa shape index (κ1) is 19.7. The van der Waals surface area contributed by atoms with Crippen LogP contribution in [0.25, 0.3) is 10.9 Å². The van der Waals surface area contributed by atoms with Crippen LogP contribution in [0.15, 0.2) is 47.5 Å². The number of rotatable bonds is 3. The van der Waals surface area contributed by atoms with Crippen LogP contribution in [0.5, 0.6) is 0 Å². The number of carbonyl (C=O) groups excluding carboxylic acids is 2. The first-order chi connectivity index (χ1) is 14.3. The van der Waals surface area contributed by atoms with Crippen LogP contribution in [0.1, 0.15) is 17.3 Å². The van der Waals surface area contributed by atoms with Gasteiger partial charge in [0.1, 0.15) is 5.82 Å². The van der Waals surface area contributed by atoms with Gasteiger partial charge in [-0.05, 0) is 36.2 Å². The van der Waals surface area contributed by atoms with Crippen molar-refractivity contribution in [2.24, 2.45) is 16.5 Å². The zero-order chi connectivity index (χ0) is 21.4. The van der Waals surface area contributed by atoms with Gasteiger partial charge in [-0.15, -0.1) is 0 Å². The second-order valence-corrected chi connectivity index (χ2v) is 7.33. The van der Waals surface area contributed by atoms with Gasteiger partial charge in [0.25, 0.3) is 0 Å². The number of hydrogen-bond acceptors (Lipinski definition) is 3. The van der Waals surface area contributed by atoms with E-state index in [-0.39, 0.29) is 16.7 Å². The van der Waals surface area contributed by atoms with Crippen molar-refractivity contribution < 1.29 is 14.0 Å². The highest BCUT2D eigenvalue weighted by Crippen LogP contribution is 2.38. The molecule has 7 N–H and O–H groups in total. The van der Waals surface area contributed by atoms with Gasteiger partial charge in [-0.3, -0.25) is 9.59 Å². The number of carbonyl (C=O) groups is 2. The highest BCUT2D eigenvalue weighted by Gasteiger charge is 2.37. The lowest BCUT2D eigenvalue weighted by Gasteiger charge is -2.18. The first-order valence-electron chi connectivity index (χ1n) is 9.08. The molecule has 8 nitrogen and oxygen atoms in total. The number of nitrogens with one attached hydrogen (secondary N) is 3. The maximum absolute atomic E-state index is 13.6. The second-order valence-electron chi connectivity index (χ2n) is 6.92. The van der Waals surface area contributed by atoms with Crippen molar-refractivity contribution in [3.8, 4) is 0 Å². The number of aromatic nitrogens is 1. The van der Waals surface area contributed by atoms with Crippen molar-refractivity contribution >= 4 is 46.0 Å². The van der Waals surface area contributed by atoms with Crippen LogP contribution in [-0.2, 0) is 16.0 Å². The standard InChI is InChI=1S/C20H18ClFN6O2/c21-12-6-5-9(7-13(12)22)25-18(29)19(30)28-17-15(27-20(23)24)8-11-10-3-1-2-4-14(10)26-16(11)17/h1-7,15,17,26H,8H2,(H,25,29)(H,28,30)(H4,23,24,27). The maximum Gasteiger partial charge on any atom is 0.313 e.